The van der Waals surface area contributed by atoms with Gasteiger partial charge in [-0.05, 0) is 17.9 Å². The van der Waals surface area contributed by atoms with Crippen molar-refractivity contribution in [2.75, 3.05) is 0 Å². The lowest BCUT2D eigenvalue weighted by Crippen LogP contribution is -2.24. The Morgan fingerprint density at radius 3 is 3.12 bits per heavy atom. The number of carbonyl (C=O) groups is 1. The summed E-state index contributed by atoms with van der Waals surface area (Å²) in [5.41, 5.74) is 0. The number of carbonyl (C=O) groups excluding carboxylic acids is 1. The summed E-state index contributed by atoms with van der Waals surface area (Å²) in [5, 5.41) is 13.2. The Morgan fingerprint density at radius 1 is 1.62 bits per heavy atom. The highest BCUT2D eigenvalue weighted by atomic mass is 32.2. The Balaban J connectivity index is 1.97. The number of hydrogen-bond acceptors (Lipinski definition) is 5. The third kappa shape index (κ3) is 2.70. The normalized spacial score (nSPS) is 23.2. The predicted octanol–water partition coefficient (Wildman–Crippen LogP) is 2.08. The standard InChI is InChI=1S/C10H11N3OS2/c1-2-8-9(14)12-10(16-8)13-11-6-7-4-3-5-15-7/h3-6,8H,2H2,1H3,(H,12,13,14)/t8-/m1/s1. The van der Waals surface area contributed by atoms with Gasteiger partial charge in [-0.15, -0.1) is 16.4 Å². The SMILES string of the molecule is CC[C@H]1SC(=NN=Cc2cccs2)NC1=O. The summed E-state index contributed by atoms with van der Waals surface area (Å²) in [7, 11) is 0. The van der Waals surface area contributed by atoms with E-state index in [0.717, 1.165) is 11.3 Å². The van der Waals surface area contributed by atoms with Gasteiger partial charge in [0.2, 0.25) is 5.91 Å². The quantitative estimate of drug-likeness (QED) is 0.662. The first kappa shape index (κ1) is 11.3. The molecule has 1 atom stereocenters. The van der Waals surface area contributed by atoms with E-state index in [1.807, 2.05) is 24.4 Å². The number of thioether (sulfide) groups is 1. The molecular weight excluding hydrogens is 242 g/mol. The van der Waals surface area contributed by atoms with Gasteiger partial charge in [-0.3, -0.25) is 4.79 Å². The molecule has 0 unspecified atom stereocenters. The fourth-order valence-electron chi connectivity index (χ4n) is 1.22. The maximum absolute atomic E-state index is 11.3. The zero-order valence-electron chi connectivity index (χ0n) is 8.71. The van der Waals surface area contributed by atoms with Crippen molar-refractivity contribution in [2.45, 2.75) is 18.6 Å². The largest absolute Gasteiger partial charge is 0.303 e. The van der Waals surface area contributed by atoms with Crippen LogP contribution in [0.3, 0.4) is 0 Å². The lowest BCUT2D eigenvalue weighted by molar-refractivity contribution is -0.118. The summed E-state index contributed by atoms with van der Waals surface area (Å²) in [5.74, 6) is 0.0255. The molecule has 1 saturated heterocycles. The zero-order chi connectivity index (χ0) is 11.4. The van der Waals surface area contributed by atoms with Crippen LogP contribution in [0.25, 0.3) is 0 Å². The van der Waals surface area contributed by atoms with Crippen molar-refractivity contribution in [1.82, 2.24) is 5.32 Å². The van der Waals surface area contributed by atoms with Gasteiger partial charge < -0.3 is 5.32 Å². The summed E-state index contributed by atoms with van der Waals surface area (Å²) in [6.07, 6.45) is 2.49. The van der Waals surface area contributed by atoms with E-state index in [1.165, 1.54) is 11.8 Å². The minimum absolute atomic E-state index is 0.0179. The van der Waals surface area contributed by atoms with Crippen molar-refractivity contribution >= 4 is 40.4 Å². The molecule has 0 aromatic carbocycles. The van der Waals surface area contributed by atoms with Gasteiger partial charge in [0.1, 0.15) is 0 Å². The summed E-state index contributed by atoms with van der Waals surface area (Å²) in [6, 6.07) is 3.92. The van der Waals surface area contributed by atoms with E-state index in [9.17, 15) is 4.79 Å². The van der Waals surface area contributed by atoms with Gasteiger partial charge in [-0.2, -0.15) is 5.10 Å². The van der Waals surface area contributed by atoms with Crippen LogP contribution in [0, 0.1) is 0 Å². The predicted molar refractivity (Wildman–Crippen MR) is 69.2 cm³/mol. The van der Waals surface area contributed by atoms with Gasteiger partial charge in [0, 0.05) is 4.88 Å². The summed E-state index contributed by atoms with van der Waals surface area (Å²) >= 11 is 3.03. The van der Waals surface area contributed by atoms with Crippen LogP contribution in [0.2, 0.25) is 0 Å². The molecule has 16 heavy (non-hydrogen) atoms. The number of hydrogen-bond donors (Lipinski definition) is 1. The Labute approximate surface area is 102 Å². The molecule has 1 amide bonds. The van der Waals surface area contributed by atoms with E-state index < -0.39 is 0 Å². The number of nitrogens with one attached hydrogen (secondary N) is 1. The van der Waals surface area contributed by atoms with Crippen LogP contribution in [0.1, 0.15) is 18.2 Å². The molecule has 0 aliphatic carbocycles. The van der Waals surface area contributed by atoms with E-state index in [2.05, 4.69) is 15.5 Å². The molecule has 1 aliphatic heterocycles. The van der Waals surface area contributed by atoms with Crippen molar-refractivity contribution in [3.63, 3.8) is 0 Å². The van der Waals surface area contributed by atoms with Crippen molar-refractivity contribution in [3.8, 4) is 0 Å². The molecule has 1 N–H and O–H groups in total. The smallest absolute Gasteiger partial charge is 0.239 e. The third-order valence-electron chi connectivity index (χ3n) is 2.02. The van der Waals surface area contributed by atoms with Gasteiger partial charge >= 0.3 is 0 Å². The molecule has 2 heterocycles. The van der Waals surface area contributed by atoms with E-state index in [1.54, 1.807) is 17.6 Å². The van der Waals surface area contributed by atoms with Crippen LogP contribution in [0.4, 0.5) is 0 Å². The van der Waals surface area contributed by atoms with Crippen molar-refractivity contribution in [2.24, 2.45) is 10.2 Å². The summed E-state index contributed by atoms with van der Waals surface area (Å²) in [6.45, 7) is 1.98. The summed E-state index contributed by atoms with van der Waals surface area (Å²) in [4.78, 5) is 12.4. The van der Waals surface area contributed by atoms with Crippen LogP contribution in [0.5, 0.6) is 0 Å². The maximum atomic E-state index is 11.3. The van der Waals surface area contributed by atoms with Crippen molar-refractivity contribution < 1.29 is 4.79 Å². The van der Waals surface area contributed by atoms with Crippen LogP contribution >= 0.6 is 23.1 Å². The Morgan fingerprint density at radius 2 is 2.50 bits per heavy atom. The van der Waals surface area contributed by atoms with E-state index in [4.69, 9.17) is 0 Å². The molecule has 4 nitrogen and oxygen atoms in total. The first-order valence-electron chi connectivity index (χ1n) is 4.91. The monoisotopic (exact) mass is 253 g/mol. The van der Waals surface area contributed by atoms with Crippen molar-refractivity contribution in [1.29, 1.82) is 0 Å². The second kappa shape index (κ2) is 5.27. The highest BCUT2D eigenvalue weighted by molar-refractivity contribution is 8.15. The van der Waals surface area contributed by atoms with Gasteiger partial charge in [-0.1, -0.05) is 24.8 Å². The third-order valence-corrected chi connectivity index (χ3v) is 4.07. The van der Waals surface area contributed by atoms with Gasteiger partial charge in [-0.25, -0.2) is 0 Å². The molecular formula is C10H11N3OS2. The van der Waals surface area contributed by atoms with E-state index >= 15 is 0 Å². The number of rotatable bonds is 3. The lowest BCUT2D eigenvalue weighted by Gasteiger charge is -1.95. The van der Waals surface area contributed by atoms with Gasteiger partial charge in [0.15, 0.2) is 5.17 Å². The number of nitrogens with zero attached hydrogens (tertiary/aromatic N) is 2. The molecule has 0 saturated carbocycles. The Hall–Kier alpha value is -1.14. The van der Waals surface area contributed by atoms with Crippen LogP contribution < -0.4 is 5.32 Å². The number of thiophene rings is 1. The number of amides is 1. The molecule has 0 spiro atoms. The van der Waals surface area contributed by atoms with Crippen LogP contribution in [-0.4, -0.2) is 22.5 Å². The minimum atomic E-state index is -0.0179. The molecule has 0 radical (unpaired) electrons. The molecule has 84 valence electrons. The fraction of sp³-hybridized carbons (Fsp3) is 0.300. The topological polar surface area (TPSA) is 53.8 Å². The zero-order valence-corrected chi connectivity index (χ0v) is 10.3. The summed E-state index contributed by atoms with van der Waals surface area (Å²) < 4.78 is 0. The van der Waals surface area contributed by atoms with Crippen LogP contribution in [-0.2, 0) is 4.79 Å². The maximum Gasteiger partial charge on any atom is 0.239 e. The Kier molecular flexibility index (Phi) is 3.74. The molecule has 1 aromatic heterocycles. The molecule has 6 heteroatoms. The lowest BCUT2D eigenvalue weighted by atomic mass is 10.3. The average Bonchev–Trinajstić information content (AvgIpc) is 2.88. The highest BCUT2D eigenvalue weighted by Gasteiger charge is 2.28. The highest BCUT2D eigenvalue weighted by Crippen LogP contribution is 2.21. The van der Waals surface area contributed by atoms with E-state index in [-0.39, 0.29) is 11.2 Å². The minimum Gasteiger partial charge on any atom is -0.303 e. The second-order valence-electron chi connectivity index (χ2n) is 3.17. The molecule has 0 bridgehead atoms. The molecule has 2 rings (SSSR count). The first-order valence-corrected chi connectivity index (χ1v) is 6.67. The molecule has 1 fully saturated rings. The second-order valence-corrected chi connectivity index (χ2v) is 5.34. The number of amidine groups is 1. The molecule has 1 aliphatic rings. The van der Waals surface area contributed by atoms with Gasteiger partial charge in [0.05, 0.1) is 11.5 Å². The average molecular weight is 253 g/mol. The van der Waals surface area contributed by atoms with Gasteiger partial charge in [0.25, 0.3) is 0 Å². The molecule has 1 aromatic rings. The Bertz CT molecular complexity index is 425. The first-order chi connectivity index (χ1) is 7.79. The van der Waals surface area contributed by atoms with Crippen LogP contribution in [0.15, 0.2) is 27.7 Å². The van der Waals surface area contributed by atoms with E-state index in [0.29, 0.717) is 5.17 Å². The van der Waals surface area contributed by atoms with Crippen molar-refractivity contribution in [3.05, 3.63) is 22.4 Å². The fourth-order valence-corrected chi connectivity index (χ4v) is 2.66.